The van der Waals surface area contributed by atoms with Crippen LogP contribution in [-0.4, -0.2) is 19.2 Å². The van der Waals surface area contributed by atoms with Crippen molar-refractivity contribution in [3.05, 3.63) is 29.3 Å². The largest absolute Gasteiger partial charge is 0.490 e. The van der Waals surface area contributed by atoms with Crippen LogP contribution in [0.25, 0.3) is 0 Å². The minimum absolute atomic E-state index is 0.316. The Morgan fingerprint density at radius 3 is 2.75 bits per heavy atom. The van der Waals surface area contributed by atoms with Crippen molar-refractivity contribution in [1.29, 1.82) is 0 Å². The Kier molecular flexibility index (Phi) is 4.08. The Morgan fingerprint density at radius 2 is 2.19 bits per heavy atom. The van der Waals surface area contributed by atoms with Crippen LogP contribution < -0.4 is 10.1 Å². The molecule has 1 unspecified atom stereocenters. The average Bonchev–Trinajstić information content (AvgIpc) is 2.82. The summed E-state index contributed by atoms with van der Waals surface area (Å²) in [5.74, 6) is 1.56. The molecule has 1 aliphatic rings. The maximum Gasteiger partial charge on any atom is 0.119 e. The zero-order valence-electron chi connectivity index (χ0n) is 9.58. The smallest absolute Gasteiger partial charge is 0.119 e. The van der Waals surface area contributed by atoms with Gasteiger partial charge in [0.2, 0.25) is 0 Å². The van der Waals surface area contributed by atoms with Gasteiger partial charge < -0.3 is 10.1 Å². The lowest BCUT2D eigenvalue weighted by molar-refractivity contribution is 0.138. The van der Waals surface area contributed by atoms with E-state index in [1.54, 1.807) is 0 Å². The number of benzene rings is 1. The summed E-state index contributed by atoms with van der Waals surface area (Å²) >= 11 is 5.84. The maximum atomic E-state index is 6.00. The van der Waals surface area contributed by atoms with Crippen LogP contribution >= 0.6 is 11.6 Å². The van der Waals surface area contributed by atoms with E-state index in [2.05, 4.69) is 12.2 Å². The van der Waals surface area contributed by atoms with Crippen LogP contribution in [0, 0.1) is 5.92 Å². The van der Waals surface area contributed by atoms with Gasteiger partial charge in [-0.3, -0.25) is 0 Å². The number of halogens is 1. The molecule has 1 aromatic carbocycles. The number of ether oxygens (including phenoxy) is 1. The third-order valence-electron chi connectivity index (χ3n) is 3.13. The highest BCUT2D eigenvalue weighted by Crippen LogP contribution is 2.23. The molecule has 16 heavy (non-hydrogen) atoms. The zero-order valence-corrected chi connectivity index (χ0v) is 10.3. The fourth-order valence-electron chi connectivity index (χ4n) is 2.20. The summed E-state index contributed by atoms with van der Waals surface area (Å²) in [4.78, 5) is 0. The first-order valence-corrected chi connectivity index (χ1v) is 6.30. The van der Waals surface area contributed by atoms with Crippen LogP contribution in [0.5, 0.6) is 5.75 Å². The highest BCUT2D eigenvalue weighted by Gasteiger charge is 2.24. The Balaban J connectivity index is 1.97. The molecule has 88 valence electrons. The van der Waals surface area contributed by atoms with Crippen molar-refractivity contribution in [3.8, 4) is 5.75 Å². The number of rotatable bonds is 4. The molecule has 0 saturated carbocycles. The van der Waals surface area contributed by atoms with Crippen molar-refractivity contribution in [2.45, 2.75) is 25.9 Å². The van der Waals surface area contributed by atoms with Gasteiger partial charge in [0, 0.05) is 17.5 Å². The van der Waals surface area contributed by atoms with Crippen molar-refractivity contribution in [3.63, 3.8) is 0 Å². The molecule has 1 saturated heterocycles. The maximum absolute atomic E-state index is 6.00. The Hall–Kier alpha value is -0.730. The topological polar surface area (TPSA) is 21.3 Å². The van der Waals surface area contributed by atoms with Crippen molar-refractivity contribution in [2.75, 3.05) is 13.1 Å². The normalized spacial score (nSPS) is 22.0. The fraction of sp³-hybridized carbons (Fsp3) is 0.538. The highest BCUT2D eigenvalue weighted by molar-refractivity contribution is 6.30. The Labute approximate surface area is 102 Å². The van der Waals surface area contributed by atoms with Crippen LogP contribution in [0.2, 0.25) is 5.02 Å². The molecule has 1 N–H and O–H groups in total. The van der Waals surface area contributed by atoms with Gasteiger partial charge in [-0.05, 0) is 43.7 Å². The van der Waals surface area contributed by atoms with Crippen LogP contribution in [-0.2, 0) is 0 Å². The molecule has 1 aromatic rings. The van der Waals surface area contributed by atoms with E-state index in [0.717, 1.165) is 30.3 Å². The molecule has 1 fully saturated rings. The predicted molar refractivity (Wildman–Crippen MR) is 67.1 cm³/mol. The zero-order chi connectivity index (χ0) is 11.4. The fourth-order valence-corrected chi connectivity index (χ4v) is 2.32. The molecule has 3 heteroatoms. The number of nitrogens with one attached hydrogen (secondary N) is 1. The van der Waals surface area contributed by atoms with E-state index >= 15 is 0 Å². The predicted octanol–water partition coefficient (Wildman–Crippen LogP) is 3.11. The molecule has 2 rings (SSSR count). The van der Waals surface area contributed by atoms with Gasteiger partial charge in [0.15, 0.2) is 0 Å². The Morgan fingerprint density at radius 1 is 1.44 bits per heavy atom. The second-order valence-electron chi connectivity index (χ2n) is 4.27. The molecule has 0 amide bonds. The van der Waals surface area contributed by atoms with Gasteiger partial charge in [-0.25, -0.2) is 0 Å². The van der Waals surface area contributed by atoms with Gasteiger partial charge in [-0.2, -0.15) is 0 Å². The van der Waals surface area contributed by atoms with Crippen molar-refractivity contribution in [1.82, 2.24) is 5.32 Å². The third-order valence-corrected chi connectivity index (χ3v) is 3.38. The van der Waals surface area contributed by atoms with Gasteiger partial charge in [0.05, 0.1) is 0 Å². The summed E-state index contributed by atoms with van der Waals surface area (Å²) in [5, 5.41) is 4.13. The molecule has 1 aliphatic heterocycles. The summed E-state index contributed by atoms with van der Waals surface area (Å²) in [6.45, 7) is 4.37. The molecule has 2 atom stereocenters. The lowest BCUT2D eigenvalue weighted by Gasteiger charge is -2.23. The van der Waals surface area contributed by atoms with E-state index in [1.807, 2.05) is 24.3 Å². The SMILES string of the molecule is CC[C@H](Oc1ccc(Cl)cc1)C1CCNC1. The second-order valence-corrected chi connectivity index (χ2v) is 4.71. The van der Waals surface area contributed by atoms with Gasteiger partial charge >= 0.3 is 0 Å². The summed E-state index contributed by atoms with van der Waals surface area (Å²) in [7, 11) is 0. The quantitative estimate of drug-likeness (QED) is 0.872. The van der Waals surface area contributed by atoms with Crippen molar-refractivity contribution < 1.29 is 4.74 Å². The van der Waals surface area contributed by atoms with Crippen molar-refractivity contribution >= 4 is 11.6 Å². The summed E-state index contributed by atoms with van der Waals surface area (Å²) < 4.78 is 6.00. The van der Waals surface area contributed by atoms with Crippen LogP contribution in [0.15, 0.2) is 24.3 Å². The first-order chi connectivity index (χ1) is 7.79. The lowest BCUT2D eigenvalue weighted by atomic mass is 9.99. The van der Waals surface area contributed by atoms with Crippen LogP contribution in [0.4, 0.5) is 0 Å². The second kappa shape index (κ2) is 5.55. The van der Waals surface area contributed by atoms with E-state index in [4.69, 9.17) is 16.3 Å². The molecular formula is C13H18ClNO. The standard InChI is InChI=1S/C13H18ClNO/c1-2-13(10-7-8-15-9-10)16-12-5-3-11(14)4-6-12/h3-6,10,13,15H,2,7-9H2,1H3/t10?,13-/m0/s1. The summed E-state index contributed by atoms with van der Waals surface area (Å²) in [5.41, 5.74) is 0. The molecule has 0 spiro atoms. The van der Waals surface area contributed by atoms with Crippen LogP contribution in [0.1, 0.15) is 19.8 Å². The first kappa shape index (κ1) is 11.7. The van der Waals surface area contributed by atoms with E-state index in [0.29, 0.717) is 12.0 Å². The van der Waals surface area contributed by atoms with Gasteiger partial charge in [0.25, 0.3) is 0 Å². The van der Waals surface area contributed by atoms with Crippen molar-refractivity contribution in [2.24, 2.45) is 5.92 Å². The average molecular weight is 240 g/mol. The van der Waals surface area contributed by atoms with Gasteiger partial charge in [-0.15, -0.1) is 0 Å². The number of hydrogen-bond donors (Lipinski definition) is 1. The molecule has 0 aromatic heterocycles. The molecule has 2 nitrogen and oxygen atoms in total. The summed E-state index contributed by atoms with van der Waals surface area (Å²) in [6.07, 6.45) is 2.58. The minimum atomic E-state index is 0.316. The van der Waals surface area contributed by atoms with Gasteiger partial charge in [-0.1, -0.05) is 18.5 Å². The molecule has 0 aliphatic carbocycles. The minimum Gasteiger partial charge on any atom is -0.490 e. The van der Waals surface area contributed by atoms with E-state index < -0.39 is 0 Å². The summed E-state index contributed by atoms with van der Waals surface area (Å²) in [6, 6.07) is 7.62. The third kappa shape index (κ3) is 2.89. The molecular weight excluding hydrogens is 222 g/mol. The molecule has 0 bridgehead atoms. The van der Waals surface area contributed by atoms with Gasteiger partial charge in [0.1, 0.15) is 11.9 Å². The first-order valence-electron chi connectivity index (χ1n) is 5.92. The molecule has 1 heterocycles. The monoisotopic (exact) mass is 239 g/mol. The Bertz CT molecular complexity index is 319. The van der Waals surface area contributed by atoms with E-state index in [9.17, 15) is 0 Å². The lowest BCUT2D eigenvalue weighted by Crippen LogP contribution is -2.28. The van der Waals surface area contributed by atoms with E-state index in [1.165, 1.54) is 6.42 Å². The molecule has 0 radical (unpaired) electrons. The number of hydrogen-bond acceptors (Lipinski definition) is 2. The van der Waals surface area contributed by atoms with E-state index in [-0.39, 0.29) is 0 Å². The highest BCUT2D eigenvalue weighted by atomic mass is 35.5. The van der Waals surface area contributed by atoms with Crippen LogP contribution in [0.3, 0.4) is 0 Å².